The van der Waals surface area contributed by atoms with Gasteiger partial charge in [-0.1, -0.05) is 18.2 Å². The van der Waals surface area contributed by atoms with Gasteiger partial charge in [0, 0.05) is 18.3 Å². The van der Waals surface area contributed by atoms with Crippen molar-refractivity contribution < 1.29 is 19.1 Å². The molecule has 0 saturated heterocycles. The van der Waals surface area contributed by atoms with Crippen molar-refractivity contribution in [3.63, 3.8) is 0 Å². The van der Waals surface area contributed by atoms with Crippen molar-refractivity contribution in [1.82, 2.24) is 14.8 Å². The fourth-order valence-corrected chi connectivity index (χ4v) is 3.15. The van der Waals surface area contributed by atoms with Crippen LogP contribution in [0, 0.1) is 0 Å². The molecule has 1 aromatic carbocycles. The zero-order valence-electron chi connectivity index (χ0n) is 16.1. The highest BCUT2D eigenvalue weighted by Gasteiger charge is 2.24. The highest BCUT2D eigenvalue weighted by molar-refractivity contribution is 6.03. The van der Waals surface area contributed by atoms with Gasteiger partial charge < -0.3 is 14.0 Å². The van der Waals surface area contributed by atoms with Crippen LogP contribution in [0.2, 0.25) is 0 Å². The first-order valence-electron chi connectivity index (χ1n) is 9.38. The highest BCUT2D eigenvalue weighted by atomic mass is 16.5. The van der Waals surface area contributed by atoms with Crippen molar-refractivity contribution in [2.75, 3.05) is 13.2 Å². The third-order valence-corrected chi connectivity index (χ3v) is 4.39. The summed E-state index contributed by atoms with van der Waals surface area (Å²) >= 11 is 0. The zero-order chi connectivity index (χ0) is 19.9. The first-order chi connectivity index (χ1) is 13.7. The maximum Gasteiger partial charge on any atom is 0.341 e. The largest absolute Gasteiger partial charge is 0.462 e. The van der Waals surface area contributed by atoms with E-state index in [9.17, 15) is 9.59 Å². The number of para-hydroxylation sites is 1. The number of nitrogens with zero attached hydrogens (tertiary/aromatic N) is 3. The van der Waals surface area contributed by atoms with Crippen LogP contribution in [0.25, 0.3) is 10.9 Å². The van der Waals surface area contributed by atoms with Gasteiger partial charge in [-0.15, -0.1) is 0 Å². The first kappa shape index (κ1) is 19.5. The molecule has 7 heteroatoms. The van der Waals surface area contributed by atoms with Gasteiger partial charge in [0.15, 0.2) is 0 Å². The number of benzene rings is 1. The number of hydrogen-bond donors (Lipinski definition) is 0. The van der Waals surface area contributed by atoms with Crippen LogP contribution in [-0.4, -0.2) is 39.9 Å². The van der Waals surface area contributed by atoms with Crippen LogP contribution < -0.4 is 0 Å². The molecule has 0 saturated carbocycles. The molecule has 146 valence electrons. The number of aromatic nitrogens is 3. The van der Waals surface area contributed by atoms with E-state index in [-0.39, 0.29) is 24.3 Å². The summed E-state index contributed by atoms with van der Waals surface area (Å²) in [6.07, 6.45) is 4.51. The number of rotatable bonds is 8. The lowest BCUT2D eigenvalue weighted by Crippen LogP contribution is -2.19. The lowest BCUT2D eigenvalue weighted by Gasteiger charge is -2.12. The predicted octanol–water partition coefficient (Wildman–Crippen LogP) is 3.42. The Morgan fingerprint density at radius 1 is 1.04 bits per heavy atom. The molecule has 7 nitrogen and oxygen atoms in total. The maximum atomic E-state index is 12.5. The molecular formula is C21H23N3O4. The van der Waals surface area contributed by atoms with Gasteiger partial charge >= 0.3 is 11.9 Å². The minimum absolute atomic E-state index is 0.0942. The van der Waals surface area contributed by atoms with Crippen LogP contribution in [0.3, 0.4) is 0 Å². The Hall–Kier alpha value is -3.22. The predicted molar refractivity (Wildman–Crippen MR) is 104 cm³/mol. The Kier molecular flexibility index (Phi) is 6.37. The number of hydrogen-bond acceptors (Lipinski definition) is 6. The summed E-state index contributed by atoms with van der Waals surface area (Å²) in [5.74, 6) is -1.18. The molecule has 2 aromatic heterocycles. The standard InChI is InChI=1S/C21H23N3O4/c1-3-27-20(25)16-14-22-23-17(19(16)21(26)28-4-2)9-7-12-24-13-11-15-8-5-6-10-18(15)24/h5-6,8,10-11,13-14H,3-4,7,9,12H2,1-2H3. The van der Waals surface area contributed by atoms with Gasteiger partial charge in [-0.3, -0.25) is 0 Å². The Balaban J connectivity index is 1.81. The van der Waals surface area contributed by atoms with Crippen LogP contribution in [0.5, 0.6) is 0 Å². The molecule has 2 heterocycles. The lowest BCUT2D eigenvalue weighted by atomic mass is 10.0. The van der Waals surface area contributed by atoms with Crippen molar-refractivity contribution in [3.05, 3.63) is 59.5 Å². The second kappa shape index (κ2) is 9.12. The minimum atomic E-state index is -0.599. The number of aryl methyl sites for hydroxylation is 2. The van der Waals surface area contributed by atoms with Gasteiger partial charge in [0.1, 0.15) is 0 Å². The molecule has 0 aliphatic rings. The van der Waals surface area contributed by atoms with E-state index >= 15 is 0 Å². The number of fused-ring (bicyclic) bond motifs is 1. The monoisotopic (exact) mass is 381 g/mol. The maximum absolute atomic E-state index is 12.5. The zero-order valence-corrected chi connectivity index (χ0v) is 16.1. The summed E-state index contributed by atoms with van der Waals surface area (Å²) < 4.78 is 12.3. The number of carbonyl (C=O) groups is 2. The van der Waals surface area contributed by atoms with E-state index in [1.807, 2.05) is 18.3 Å². The Labute approximate surface area is 163 Å². The van der Waals surface area contributed by atoms with E-state index in [0.717, 1.165) is 18.5 Å². The van der Waals surface area contributed by atoms with Gasteiger partial charge in [0.05, 0.1) is 36.2 Å². The quantitative estimate of drug-likeness (QED) is 0.556. The summed E-state index contributed by atoms with van der Waals surface area (Å²) in [6.45, 7) is 4.59. The summed E-state index contributed by atoms with van der Waals surface area (Å²) in [6, 6.07) is 10.2. The molecule has 0 atom stereocenters. The Morgan fingerprint density at radius 3 is 2.57 bits per heavy atom. The second-order valence-electron chi connectivity index (χ2n) is 6.19. The van der Waals surface area contributed by atoms with Crippen molar-refractivity contribution in [2.45, 2.75) is 33.2 Å². The van der Waals surface area contributed by atoms with Crippen molar-refractivity contribution in [2.24, 2.45) is 0 Å². The second-order valence-corrected chi connectivity index (χ2v) is 6.19. The SMILES string of the molecule is CCOC(=O)c1cnnc(CCCn2ccc3ccccc32)c1C(=O)OCC. The van der Waals surface area contributed by atoms with Gasteiger partial charge in [0.2, 0.25) is 0 Å². The molecule has 0 aliphatic heterocycles. The van der Waals surface area contributed by atoms with Crippen LogP contribution in [0.15, 0.2) is 42.7 Å². The molecule has 0 spiro atoms. The van der Waals surface area contributed by atoms with E-state index in [4.69, 9.17) is 9.47 Å². The summed E-state index contributed by atoms with van der Waals surface area (Å²) in [4.78, 5) is 24.7. The minimum Gasteiger partial charge on any atom is -0.462 e. The summed E-state index contributed by atoms with van der Waals surface area (Å²) in [5.41, 5.74) is 1.84. The molecule has 0 unspecified atom stereocenters. The fraction of sp³-hybridized carbons (Fsp3) is 0.333. The van der Waals surface area contributed by atoms with E-state index in [0.29, 0.717) is 12.1 Å². The van der Waals surface area contributed by atoms with E-state index in [2.05, 4.69) is 33.0 Å². The highest BCUT2D eigenvalue weighted by Crippen LogP contribution is 2.19. The topological polar surface area (TPSA) is 83.3 Å². The molecule has 3 rings (SSSR count). The molecule has 0 N–H and O–H groups in total. The van der Waals surface area contributed by atoms with Crippen molar-refractivity contribution in [3.8, 4) is 0 Å². The molecule has 0 bridgehead atoms. The van der Waals surface area contributed by atoms with Gasteiger partial charge in [0.25, 0.3) is 0 Å². The fourth-order valence-electron chi connectivity index (χ4n) is 3.15. The third kappa shape index (κ3) is 4.19. The van der Waals surface area contributed by atoms with Crippen molar-refractivity contribution in [1.29, 1.82) is 0 Å². The smallest absolute Gasteiger partial charge is 0.341 e. The molecule has 3 aromatic rings. The van der Waals surface area contributed by atoms with Crippen LogP contribution in [0.1, 0.15) is 46.7 Å². The summed E-state index contributed by atoms with van der Waals surface area (Å²) in [5, 5.41) is 9.17. The average molecular weight is 381 g/mol. The van der Waals surface area contributed by atoms with E-state index in [1.54, 1.807) is 13.8 Å². The normalized spacial score (nSPS) is 10.8. The number of carbonyl (C=O) groups excluding carboxylic acids is 2. The molecule has 0 amide bonds. The third-order valence-electron chi connectivity index (χ3n) is 4.39. The number of ether oxygens (including phenoxy) is 2. The Bertz CT molecular complexity index is 981. The summed E-state index contributed by atoms with van der Waals surface area (Å²) in [7, 11) is 0. The number of esters is 2. The van der Waals surface area contributed by atoms with E-state index in [1.165, 1.54) is 11.6 Å². The molecule has 0 radical (unpaired) electrons. The van der Waals surface area contributed by atoms with Crippen LogP contribution in [0.4, 0.5) is 0 Å². The molecular weight excluding hydrogens is 358 g/mol. The van der Waals surface area contributed by atoms with Crippen LogP contribution >= 0.6 is 0 Å². The van der Waals surface area contributed by atoms with E-state index < -0.39 is 11.9 Å². The Morgan fingerprint density at radius 2 is 1.79 bits per heavy atom. The molecule has 0 aliphatic carbocycles. The first-order valence-corrected chi connectivity index (χ1v) is 9.38. The molecule has 28 heavy (non-hydrogen) atoms. The van der Waals surface area contributed by atoms with Gasteiger partial charge in [-0.2, -0.15) is 10.2 Å². The van der Waals surface area contributed by atoms with Gasteiger partial charge in [-0.05, 0) is 44.2 Å². The molecule has 0 fully saturated rings. The average Bonchev–Trinajstić information content (AvgIpc) is 3.11. The van der Waals surface area contributed by atoms with Gasteiger partial charge in [-0.25, -0.2) is 9.59 Å². The lowest BCUT2D eigenvalue weighted by molar-refractivity contribution is 0.0476. The van der Waals surface area contributed by atoms with Crippen molar-refractivity contribution >= 4 is 22.8 Å². The van der Waals surface area contributed by atoms with Crippen LogP contribution in [-0.2, 0) is 22.4 Å².